The molecule has 6 nitrogen and oxygen atoms in total. The molecule has 0 aliphatic carbocycles. The second-order valence-corrected chi connectivity index (χ2v) is 8.45. The van der Waals surface area contributed by atoms with Crippen molar-refractivity contribution in [1.82, 2.24) is 14.5 Å². The van der Waals surface area contributed by atoms with Crippen LogP contribution in [0, 0.1) is 12.7 Å². The summed E-state index contributed by atoms with van der Waals surface area (Å²) in [5.74, 6) is 0.833. The Bertz CT molecular complexity index is 1300. The van der Waals surface area contributed by atoms with Crippen LogP contribution in [0.25, 0.3) is 11.3 Å². The number of carbonyl (C=O) groups is 1. The lowest BCUT2D eigenvalue weighted by Crippen LogP contribution is -2.41. The Kier molecular flexibility index (Phi) is 5.86. The maximum Gasteiger partial charge on any atom is 0.256 e. The van der Waals surface area contributed by atoms with Crippen LogP contribution in [0.15, 0.2) is 78.9 Å². The average Bonchev–Trinajstić information content (AvgIpc) is 3.23. The van der Waals surface area contributed by atoms with Crippen LogP contribution in [-0.4, -0.2) is 32.0 Å². The lowest BCUT2D eigenvalue weighted by atomic mass is 10.1. The third-order valence-electron chi connectivity index (χ3n) is 6.07. The Labute approximate surface area is 197 Å². The maximum atomic E-state index is 13.6. The number of aliphatic hydroxyl groups is 1. The number of carbonyl (C=O) groups excluding carboxylic acids is 1. The number of amides is 1. The Balaban J connectivity index is 1.47. The van der Waals surface area contributed by atoms with Gasteiger partial charge in [-0.2, -0.15) is 0 Å². The van der Waals surface area contributed by atoms with Gasteiger partial charge in [0.1, 0.15) is 23.2 Å². The standard InChI is InChI=1S/C27H25FN4O2/c1-18-7-13-22(14-8-18)29-26-24(19-9-11-21(28)12-10-19)30-23-17-31(15-16-32(23)26)27(34)25(33)20-5-3-2-4-6-20/h2-14,25,29,33H,15-17H2,1H3. The molecule has 1 atom stereocenters. The number of imidazole rings is 1. The van der Waals surface area contributed by atoms with Gasteiger partial charge in [-0.25, -0.2) is 9.37 Å². The van der Waals surface area contributed by atoms with Crippen LogP contribution < -0.4 is 5.32 Å². The van der Waals surface area contributed by atoms with Crippen LogP contribution >= 0.6 is 0 Å². The van der Waals surface area contributed by atoms with E-state index >= 15 is 0 Å². The predicted molar refractivity (Wildman–Crippen MR) is 129 cm³/mol. The van der Waals surface area contributed by atoms with E-state index in [1.165, 1.54) is 12.1 Å². The molecule has 34 heavy (non-hydrogen) atoms. The van der Waals surface area contributed by atoms with Gasteiger partial charge in [-0.15, -0.1) is 0 Å². The number of nitrogens with zero attached hydrogens (tertiary/aromatic N) is 3. The average molecular weight is 457 g/mol. The largest absolute Gasteiger partial charge is 0.378 e. The molecule has 1 amide bonds. The van der Waals surface area contributed by atoms with Gasteiger partial charge < -0.3 is 19.9 Å². The number of hydrogen-bond donors (Lipinski definition) is 2. The third kappa shape index (κ3) is 4.30. The first-order chi connectivity index (χ1) is 16.5. The molecule has 0 saturated carbocycles. The molecule has 1 aliphatic heterocycles. The summed E-state index contributed by atoms with van der Waals surface area (Å²) in [5.41, 5.74) is 4.10. The molecule has 2 heterocycles. The normalized spacial score (nSPS) is 13.9. The number of aliphatic hydroxyl groups excluding tert-OH is 1. The van der Waals surface area contributed by atoms with Crippen LogP contribution in [0.5, 0.6) is 0 Å². The van der Waals surface area contributed by atoms with Gasteiger partial charge in [0, 0.05) is 24.3 Å². The molecule has 0 bridgehead atoms. The quantitative estimate of drug-likeness (QED) is 0.452. The first-order valence-electron chi connectivity index (χ1n) is 11.2. The van der Waals surface area contributed by atoms with Gasteiger partial charge in [-0.3, -0.25) is 4.79 Å². The zero-order valence-corrected chi connectivity index (χ0v) is 18.8. The summed E-state index contributed by atoms with van der Waals surface area (Å²) < 4.78 is 15.6. The summed E-state index contributed by atoms with van der Waals surface area (Å²) >= 11 is 0. The number of rotatable bonds is 5. The Hall–Kier alpha value is -3.97. The minimum absolute atomic E-state index is 0.270. The lowest BCUT2D eigenvalue weighted by molar-refractivity contribution is -0.142. The second-order valence-electron chi connectivity index (χ2n) is 8.45. The summed E-state index contributed by atoms with van der Waals surface area (Å²) in [5, 5.41) is 14.1. The van der Waals surface area contributed by atoms with Crippen molar-refractivity contribution in [2.45, 2.75) is 26.1 Å². The molecule has 5 rings (SSSR count). The minimum Gasteiger partial charge on any atom is -0.378 e. The highest BCUT2D eigenvalue weighted by Crippen LogP contribution is 2.34. The van der Waals surface area contributed by atoms with Crippen molar-refractivity contribution >= 4 is 17.4 Å². The fourth-order valence-corrected chi connectivity index (χ4v) is 4.18. The van der Waals surface area contributed by atoms with Gasteiger partial charge in [0.05, 0.1) is 6.54 Å². The molecular weight excluding hydrogens is 431 g/mol. The van der Waals surface area contributed by atoms with Crippen molar-refractivity contribution in [1.29, 1.82) is 0 Å². The molecule has 0 radical (unpaired) electrons. The molecule has 172 valence electrons. The van der Waals surface area contributed by atoms with Gasteiger partial charge in [-0.1, -0.05) is 48.0 Å². The van der Waals surface area contributed by atoms with Gasteiger partial charge in [0.2, 0.25) is 0 Å². The Morgan fingerprint density at radius 1 is 1.00 bits per heavy atom. The van der Waals surface area contributed by atoms with E-state index in [4.69, 9.17) is 4.98 Å². The topological polar surface area (TPSA) is 70.4 Å². The van der Waals surface area contributed by atoms with Gasteiger partial charge in [0.25, 0.3) is 5.91 Å². The number of halogens is 1. The minimum atomic E-state index is -1.22. The molecule has 4 aromatic rings. The second kappa shape index (κ2) is 9.11. The number of hydrogen-bond acceptors (Lipinski definition) is 4. The van der Waals surface area contributed by atoms with Gasteiger partial charge in [0.15, 0.2) is 6.10 Å². The Morgan fingerprint density at radius 3 is 2.41 bits per heavy atom. The zero-order valence-electron chi connectivity index (χ0n) is 18.8. The Morgan fingerprint density at radius 2 is 1.71 bits per heavy atom. The first-order valence-corrected chi connectivity index (χ1v) is 11.2. The molecule has 0 saturated heterocycles. The summed E-state index contributed by atoms with van der Waals surface area (Å²) in [6, 6.07) is 23.2. The van der Waals surface area contributed by atoms with Crippen molar-refractivity contribution in [3.05, 3.63) is 102 Å². The number of anilines is 2. The fraction of sp³-hybridized carbons (Fsp3) is 0.185. The van der Waals surface area contributed by atoms with Crippen LogP contribution in [0.3, 0.4) is 0 Å². The van der Waals surface area contributed by atoms with Crippen molar-refractivity contribution in [2.75, 3.05) is 11.9 Å². The highest BCUT2D eigenvalue weighted by Gasteiger charge is 2.30. The summed E-state index contributed by atoms with van der Waals surface area (Å²) in [7, 11) is 0. The number of fused-ring (bicyclic) bond motifs is 1. The molecule has 7 heteroatoms. The van der Waals surface area contributed by atoms with E-state index in [9.17, 15) is 14.3 Å². The maximum absolute atomic E-state index is 13.6. The number of nitrogens with one attached hydrogen (secondary N) is 1. The summed E-state index contributed by atoms with van der Waals surface area (Å²) in [4.78, 5) is 19.5. The van der Waals surface area contributed by atoms with Crippen LogP contribution in [-0.2, 0) is 17.9 Å². The van der Waals surface area contributed by atoms with E-state index in [0.717, 1.165) is 22.6 Å². The van der Waals surface area contributed by atoms with Gasteiger partial charge >= 0.3 is 0 Å². The number of aromatic nitrogens is 2. The van der Waals surface area contributed by atoms with Crippen molar-refractivity contribution in [2.24, 2.45) is 0 Å². The zero-order chi connectivity index (χ0) is 23.7. The van der Waals surface area contributed by atoms with Crippen LogP contribution in [0.1, 0.15) is 23.1 Å². The molecule has 1 aliphatic rings. The van der Waals surface area contributed by atoms with E-state index in [-0.39, 0.29) is 18.3 Å². The van der Waals surface area contributed by atoms with Crippen molar-refractivity contribution < 1.29 is 14.3 Å². The van der Waals surface area contributed by atoms with Crippen LogP contribution in [0.2, 0.25) is 0 Å². The number of benzene rings is 3. The number of aryl methyl sites for hydroxylation is 1. The monoisotopic (exact) mass is 456 g/mol. The molecule has 2 N–H and O–H groups in total. The van der Waals surface area contributed by atoms with Gasteiger partial charge in [-0.05, 0) is 48.9 Å². The lowest BCUT2D eigenvalue weighted by Gasteiger charge is -2.30. The molecular formula is C27H25FN4O2. The van der Waals surface area contributed by atoms with E-state index in [1.807, 2.05) is 37.3 Å². The highest BCUT2D eigenvalue weighted by molar-refractivity contribution is 5.82. The predicted octanol–water partition coefficient (Wildman–Crippen LogP) is 4.82. The molecule has 3 aromatic carbocycles. The molecule has 1 aromatic heterocycles. The van der Waals surface area contributed by atoms with Crippen LogP contribution in [0.4, 0.5) is 15.9 Å². The SMILES string of the molecule is Cc1ccc(Nc2c(-c3ccc(F)cc3)nc3n2CCN(C(=O)C(O)c2ccccc2)C3)cc1. The molecule has 1 unspecified atom stereocenters. The first kappa shape index (κ1) is 21.9. The summed E-state index contributed by atoms with van der Waals surface area (Å²) in [6.07, 6.45) is -1.22. The summed E-state index contributed by atoms with van der Waals surface area (Å²) in [6.45, 7) is 3.26. The highest BCUT2D eigenvalue weighted by atomic mass is 19.1. The van der Waals surface area contributed by atoms with E-state index in [1.54, 1.807) is 41.3 Å². The molecule has 0 fully saturated rings. The third-order valence-corrected chi connectivity index (χ3v) is 6.07. The smallest absolute Gasteiger partial charge is 0.256 e. The van der Waals surface area contributed by atoms with Crippen molar-refractivity contribution in [3.8, 4) is 11.3 Å². The van der Waals surface area contributed by atoms with Crippen molar-refractivity contribution in [3.63, 3.8) is 0 Å². The van der Waals surface area contributed by atoms with E-state index in [2.05, 4.69) is 9.88 Å². The van der Waals surface area contributed by atoms with E-state index < -0.39 is 6.10 Å². The fourth-order valence-electron chi connectivity index (χ4n) is 4.18. The molecule has 0 spiro atoms. The van der Waals surface area contributed by atoms with E-state index in [0.29, 0.717) is 30.2 Å².